The van der Waals surface area contributed by atoms with Crippen molar-refractivity contribution in [2.75, 3.05) is 0 Å². The first-order valence-electron chi connectivity index (χ1n) is 5.83. The molecular weight excluding hydrogens is 349 g/mol. The Labute approximate surface area is 140 Å². The van der Waals surface area contributed by atoms with Crippen LogP contribution in [0.5, 0.6) is 0 Å². The van der Waals surface area contributed by atoms with Gasteiger partial charge in [-0.2, -0.15) is 0 Å². The fourth-order valence-electron chi connectivity index (χ4n) is 1.82. The highest BCUT2D eigenvalue weighted by atomic mass is 35.5. The van der Waals surface area contributed by atoms with Crippen molar-refractivity contribution in [3.05, 3.63) is 51.0 Å². The predicted molar refractivity (Wildman–Crippen MR) is 90.5 cm³/mol. The van der Waals surface area contributed by atoms with Crippen molar-refractivity contribution in [3.8, 4) is 11.3 Å². The van der Waals surface area contributed by atoms with Gasteiger partial charge in [-0.05, 0) is 24.3 Å². The molecular formula is C14H7Cl2NO2S2. The number of halogens is 2. The van der Waals surface area contributed by atoms with Gasteiger partial charge < -0.3 is 9.73 Å². The van der Waals surface area contributed by atoms with Gasteiger partial charge in [0.15, 0.2) is 0 Å². The Balaban J connectivity index is 1.94. The summed E-state index contributed by atoms with van der Waals surface area (Å²) in [6.07, 6.45) is 1.64. The lowest BCUT2D eigenvalue weighted by molar-refractivity contribution is -0.115. The summed E-state index contributed by atoms with van der Waals surface area (Å²) in [6.45, 7) is 0. The molecule has 0 bridgehead atoms. The number of nitrogens with one attached hydrogen (secondary N) is 1. The van der Waals surface area contributed by atoms with E-state index in [1.165, 1.54) is 11.8 Å². The zero-order chi connectivity index (χ0) is 15.0. The molecule has 0 unspecified atom stereocenters. The molecule has 2 aromatic rings. The maximum absolute atomic E-state index is 11.6. The average Bonchev–Trinajstić information content (AvgIpc) is 3.01. The van der Waals surface area contributed by atoms with Crippen LogP contribution in [0, 0.1) is 0 Å². The molecule has 1 aliphatic rings. The predicted octanol–water partition coefficient (Wildman–Crippen LogP) is 4.74. The Bertz CT molecular complexity index is 783. The molecule has 106 valence electrons. The highest BCUT2D eigenvalue weighted by Gasteiger charge is 2.22. The normalized spacial score (nSPS) is 16.6. The van der Waals surface area contributed by atoms with Gasteiger partial charge in [0.2, 0.25) is 0 Å². The first-order valence-corrected chi connectivity index (χ1v) is 7.82. The summed E-state index contributed by atoms with van der Waals surface area (Å²) in [7, 11) is 0. The minimum Gasteiger partial charge on any atom is -0.457 e. The van der Waals surface area contributed by atoms with E-state index in [2.05, 4.69) is 5.32 Å². The molecule has 1 N–H and O–H groups in total. The molecule has 7 heteroatoms. The summed E-state index contributed by atoms with van der Waals surface area (Å²) < 4.78 is 6.14. The smallest absolute Gasteiger partial charge is 0.263 e. The van der Waals surface area contributed by atoms with Crippen LogP contribution in [0.4, 0.5) is 0 Å². The summed E-state index contributed by atoms with van der Waals surface area (Å²) in [4.78, 5) is 12.1. The van der Waals surface area contributed by atoms with Gasteiger partial charge >= 0.3 is 0 Å². The molecule has 1 fully saturated rings. The number of furan rings is 1. The summed E-state index contributed by atoms with van der Waals surface area (Å²) >= 11 is 18.3. The molecule has 3 rings (SSSR count). The fraction of sp³-hybridized carbons (Fsp3) is 0. The molecule has 2 heterocycles. The van der Waals surface area contributed by atoms with Crippen molar-refractivity contribution in [3.63, 3.8) is 0 Å². The molecule has 0 aliphatic carbocycles. The number of carbonyl (C=O) groups excluding carboxylic acids is 1. The highest BCUT2D eigenvalue weighted by Crippen LogP contribution is 2.35. The van der Waals surface area contributed by atoms with Crippen LogP contribution in [-0.2, 0) is 4.79 Å². The Morgan fingerprint density at radius 2 is 2.05 bits per heavy atom. The molecule has 3 nitrogen and oxygen atoms in total. The maximum atomic E-state index is 11.6. The number of thioether (sulfide) groups is 1. The molecule has 1 aliphatic heterocycles. The van der Waals surface area contributed by atoms with Crippen LogP contribution < -0.4 is 5.32 Å². The standard InChI is InChI=1S/C14H7Cl2NO2S2/c15-9-3-1-2-8(12(9)16)10-5-4-7(19-10)6-11-13(18)17-14(20)21-11/h1-6H,(H,17,18,20)/b11-6-. The molecule has 1 aromatic heterocycles. The summed E-state index contributed by atoms with van der Waals surface area (Å²) in [5.74, 6) is 0.910. The molecule has 1 aromatic carbocycles. The van der Waals surface area contributed by atoms with E-state index in [9.17, 15) is 4.79 Å². The molecule has 0 saturated carbocycles. The van der Waals surface area contributed by atoms with Crippen LogP contribution in [-0.4, -0.2) is 10.2 Å². The Hall–Kier alpha value is -1.27. The van der Waals surface area contributed by atoms with E-state index >= 15 is 0 Å². The summed E-state index contributed by atoms with van der Waals surface area (Å²) in [5.41, 5.74) is 0.702. The van der Waals surface area contributed by atoms with Crippen LogP contribution in [0.25, 0.3) is 17.4 Å². The van der Waals surface area contributed by atoms with Crippen molar-refractivity contribution < 1.29 is 9.21 Å². The van der Waals surface area contributed by atoms with E-state index in [1.807, 2.05) is 6.07 Å². The second kappa shape index (κ2) is 5.85. The number of amides is 1. The van der Waals surface area contributed by atoms with Gasteiger partial charge in [-0.1, -0.05) is 53.2 Å². The lowest BCUT2D eigenvalue weighted by Gasteiger charge is -2.01. The molecule has 1 saturated heterocycles. The van der Waals surface area contributed by atoms with Gasteiger partial charge in [-0.25, -0.2) is 0 Å². The lowest BCUT2D eigenvalue weighted by atomic mass is 10.2. The van der Waals surface area contributed by atoms with Gasteiger partial charge in [0, 0.05) is 11.6 Å². The fourth-order valence-corrected chi connectivity index (χ4v) is 3.24. The van der Waals surface area contributed by atoms with Crippen LogP contribution in [0.15, 0.2) is 39.7 Å². The molecule has 1 amide bonds. The second-order valence-electron chi connectivity index (χ2n) is 4.16. The van der Waals surface area contributed by atoms with Crippen LogP contribution in [0.3, 0.4) is 0 Å². The quantitative estimate of drug-likeness (QED) is 0.623. The average molecular weight is 356 g/mol. The molecule has 0 radical (unpaired) electrons. The first-order chi connectivity index (χ1) is 10.0. The Morgan fingerprint density at radius 3 is 2.76 bits per heavy atom. The third kappa shape index (κ3) is 3.01. The molecule has 21 heavy (non-hydrogen) atoms. The van der Waals surface area contributed by atoms with E-state index in [4.69, 9.17) is 39.8 Å². The minimum atomic E-state index is -0.219. The van der Waals surface area contributed by atoms with E-state index in [1.54, 1.807) is 30.3 Å². The number of rotatable bonds is 2. The third-order valence-electron chi connectivity index (χ3n) is 2.76. The number of carbonyl (C=O) groups is 1. The Kier molecular flexibility index (Phi) is 4.08. The minimum absolute atomic E-state index is 0.219. The van der Waals surface area contributed by atoms with E-state index in [0.29, 0.717) is 36.4 Å². The Morgan fingerprint density at radius 1 is 1.24 bits per heavy atom. The highest BCUT2D eigenvalue weighted by molar-refractivity contribution is 8.26. The van der Waals surface area contributed by atoms with Gasteiger partial charge in [0.05, 0.1) is 15.0 Å². The lowest BCUT2D eigenvalue weighted by Crippen LogP contribution is -2.17. The number of benzene rings is 1. The van der Waals surface area contributed by atoms with Crippen molar-refractivity contribution in [2.45, 2.75) is 0 Å². The van der Waals surface area contributed by atoms with Crippen molar-refractivity contribution in [1.29, 1.82) is 0 Å². The van der Waals surface area contributed by atoms with Gasteiger partial charge in [-0.3, -0.25) is 4.79 Å². The topological polar surface area (TPSA) is 42.2 Å². The molecule has 0 atom stereocenters. The SMILES string of the molecule is O=C1NC(=S)S/C1=C\c1ccc(-c2cccc(Cl)c2Cl)o1. The van der Waals surface area contributed by atoms with E-state index in [0.717, 1.165) is 0 Å². The van der Waals surface area contributed by atoms with E-state index in [-0.39, 0.29) is 5.91 Å². The van der Waals surface area contributed by atoms with Crippen molar-refractivity contribution in [2.24, 2.45) is 0 Å². The second-order valence-corrected chi connectivity index (χ2v) is 6.66. The van der Waals surface area contributed by atoms with Crippen LogP contribution >= 0.6 is 47.2 Å². The number of hydrogen-bond acceptors (Lipinski definition) is 4. The van der Waals surface area contributed by atoms with Gasteiger partial charge in [-0.15, -0.1) is 0 Å². The van der Waals surface area contributed by atoms with Gasteiger partial charge in [0.1, 0.15) is 15.8 Å². The third-order valence-corrected chi connectivity index (χ3v) is 4.74. The number of thiocarbonyl (C=S) groups is 1. The summed E-state index contributed by atoms with van der Waals surface area (Å²) in [5, 5.41) is 3.44. The maximum Gasteiger partial charge on any atom is 0.263 e. The largest absolute Gasteiger partial charge is 0.457 e. The zero-order valence-corrected chi connectivity index (χ0v) is 13.5. The van der Waals surface area contributed by atoms with Gasteiger partial charge in [0.25, 0.3) is 5.91 Å². The van der Waals surface area contributed by atoms with Crippen LogP contribution in [0.2, 0.25) is 10.0 Å². The van der Waals surface area contributed by atoms with Crippen LogP contribution in [0.1, 0.15) is 5.76 Å². The van der Waals surface area contributed by atoms with E-state index < -0.39 is 0 Å². The number of hydrogen-bond donors (Lipinski definition) is 1. The zero-order valence-electron chi connectivity index (χ0n) is 10.4. The monoisotopic (exact) mass is 355 g/mol. The van der Waals surface area contributed by atoms with Crippen molar-refractivity contribution in [1.82, 2.24) is 5.32 Å². The first kappa shape index (κ1) is 14.7. The molecule has 0 spiro atoms. The van der Waals surface area contributed by atoms with Crippen molar-refractivity contribution >= 4 is 63.5 Å². The summed E-state index contributed by atoms with van der Waals surface area (Å²) in [6, 6.07) is 8.85.